The molecule has 0 atom stereocenters. The van der Waals surface area contributed by atoms with Gasteiger partial charge in [0.2, 0.25) is 0 Å². The Kier molecular flexibility index (Phi) is 4.54. The van der Waals surface area contributed by atoms with E-state index in [1.807, 2.05) is 0 Å². The minimum atomic E-state index is -0.614. The molecule has 0 saturated carbocycles. The van der Waals surface area contributed by atoms with Crippen molar-refractivity contribution in [1.82, 2.24) is 0 Å². The summed E-state index contributed by atoms with van der Waals surface area (Å²) in [6.45, 7) is 0. The lowest BCUT2D eigenvalue weighted by Crippen LogP contribution is -1.95. The topological polar surface area (TPSA) is 78.7 Å². The smallest absolute Gasteiger partial charge is 0.280 e. The number of benzene rings is 2. The quantitative estimate of drug-likeness (QED) is 0.462. The zero-order chi connectivity index (χ0) is 15.4. The fraction of sp³-hybridized carbons (Fsp3) is 0.0714. The van der Waals surface area contributed by atoms with Gasteiger partial charge in [-0.2, -0.15) is 0 Å². The summed E-state index contributed by atoms with van der Waals surface area (Å²) in [7, 11) is 1.55. The molecule has 0 aromatic heterocycles. The Bertz CT molecular complexity index is 702. The Morgan fingerprint density at radius 2 is 1.90 bits per heavy atom. The molecule has 2 aromatic rings. The van der Waals surface area contributed by atoms with Gasteiger partial charge in [0, 0.05) is 6.07 Å². The molecule has 0 bridgehead atoms. The molecule has 0 saturated heterocycles. The average molecular weight is 352 g/mol. The minimum Gasteiger partial charge on any atom is -0.497 e. The van der Waals surface area contributed by atoms with Gasteiger partial charge < -0.3 is 9.47 Å². The molecule has 2 rings (SSSR count). The number of carbonyl (C=O) groups is 1. The Hall–Kier alpha value is -2.41. The maximum atomic E-state index is 10.9. The largest absolute Gasteiger partial charge is 0.497 e. The van der Waals surface area contributed by atoms with E-state index in [4.69, 9.17) is 9.47 Å². The Morgan fingerprint density at radius 1 is 1.19 bits per heavy atom. The zero-order valence-electron chi connectivity index (χ0n) is 10.9. The van der Waals surface area contributed by atoms with Crippen molar-refractivity contribution in [3.8, 4) is 17.2 Å². The lowest BCUT2D eigenvalue weighted by Gasteiger charge is -2.09. The van der Waals surface area contributed by atoms with Gasteiger partial charge in [0.05, 0.1) is 22.1 Å². The molecule has 108 valence electrons. The van der Waals surface area contributed by atoms with Crippen molar-refractivity contribution in [2.24, 2.45) is 0 Å². The SMILES string of the molecule is COc1ccc(Oc2ccc([N+](=O)[O-])c(C=O)c2)c(Br)c1. The summed E-state index contributed by atoms with van der Waals surface area (Å²) < 4.78 is 11.3. The first-order chi connectivity index (χ1) is 10.0. The number of nitro benzene ring substituents is 1. The van der Waals surface area contributed by atoms with Crippen LogP contribution in [-0.2, 0) is 0 Å². The van der Waals surface area contributed by atoms with Crippen LogP contribution in [0.3, 0.4) is 0 Å². The predicted octanol–water partition coefficient (Wildman–Crippen LogP) is 3.97. The number of hydrogen-bond acceptors (Lipinski definition) is 5. The molecule has 21 heavy (non-hydrogen) atoms. The predicted molar refractivity (Wildman–Crippen MR) is 79.3 cm³/mol. The second-order valence-corrected chi connectivity index (χ2v) is 4.85. The number of methoxy groups -OCH3 is 1. The van der Waals surface area contributed by atoms with Gasteiger partial charge >= 0.3 is 0 Å². The summed E-state index contributed by atoms with van der Waals surface area (Å²) in [5.74, 6) is 1.49. The van der Waals surface area contributed by atoms with Gasteiger partial charge in [0.15, 0.2) is 6.29 Å². The van der Waals surface area contributed by atoms with Gasteiger partial charge in [-0.3, -0.25) is 14.9 Å². The molecule has 0 spiro atoms. The average Bonchev–Trinajstić information content (AvgIpc) is 2.48. The molecule has 6 nitrogen and oxygen atoms in total. The summed E-state index contributed by atoms with van der Waals surface area (Å²) in [6, 6.07) is 9.11. The van der Waals surface area contributed by atoms with Crippen molar-refractivity contribution in [3.63, 3.8) is 0 Å². The molecule has 7 heteroatoms. The molecule has 0 heterocycles. The van der Waals surface area contributed by atoms with Crippen LogP contribution in [0, 0.1) is 10.1 Å². The molecule has 0 amide bonds. The molecule has 0 aliphatic heterocycles. The first-order valence-electron chi connectivity index (χ1n) is 5.80. The summed E-state index contributed by atoms with van der Waals surface area (Å²) in [4.78, 5) is 21.0. The number of ether oxygens (including phenoxy) is 2. The highest BCUT2D eigenvalue weighted by molar-refractivity contribution is 9.10. The van der Waals surface area contributed by atoms with Crippen LogP contribution in [0.5, 0.6) is 17.2 Å². The van der Waals surface area contributed by atoms with Crippen LogP contribution in [0.1, 0.15) is 10.4 Å². The van der Waals surface area contributed by atoms with E-state index in [0.29, 0.717) is 28.0 Å². The van der Waals surface area contributed by atoms with Crippen molar-refractivity contribution in [1.29, 1.82) is 0 Å². The number of rotatable bonds is 5. The van der Waals surface area contributed by atoms with Crippen LogP contribution >= 0.6 is 15.9 Å². The van der Waals surface area contributed by atoms with Crippen molar-refractivity contribution < 1.29 is 19.2 Å². The van der Waals surface area contributed by atoms with Crippen LogP contribution in [0.4, 0.5) is 5.69 Å². The number of nitro groups is 1. The van der Waals surface area contributed by atoms with Gasteiger partial charge in [-0.25, -0.2) is 0 Å². The molecular formula is C14H10BrNO5. The van der Waals surface area contributed by atoms with Crippen LogP contribution in [0.15, 0.2) is 40.9 Å². The number of hydrogen-bond donors (Lipinski definition) is 0. The standard InChI is InChI=1S/C14H10BrNO5/c1-20-10-3-5-14(12(15)7-10)21-11-2-4-13(16(18)19)9(6-11)8-17/h2-8H,1H3. The first-order valence-corrected chi connectivity index (χ1v) is 6.59. The fourth-order valence-electron chi connectivity index (χ4n) is 1.68. The van der Waals surface area contributed by atoms with E-state index in [1.165, 1.54) is 18.2 Å². The Labute approximate surface area is 128 Å². The van der Waals surface area contributed by atoms with E-state index in [1.54, 1.807) is 25.3 Å². The maximum Gasteiger partial charge on any atom is 0.280 e. The molecular weight excluding hydrogens is 342 g/mol. The molecule has 0 unspecified atom stereocenters. The van der Waals surface area contributed by atoms with E-state index < -0.39 is 4.92 Å². The summed E-state index contributed by atoms with van der Waals surface area (Å²) >= 11 is 3.34. The molecule has 0 radical (unpaired) electrons. The van der Waals surface area contributed by atoms with E-state index in [0.717, 1.165) is 0 Å². The highest BCUT2D eigenvalue weighted by Gasteiger charge is 2.14. The fourth-order valence-corrected chi connectivity index (χ4v) is 2.11. The zero-order valence-corrected chi connectivity index (χ0v) is 12.5. The molecule has 0 fully saturated rings. The van der Waals surface area contributed by atoms with Gasteiger partial charge in [-0.05, 0) is 46.3 Å². The van der Waals surface area contributed by atoms with Gasteiger partial charge in [0.1, 0.15) is 17.2 Å². The first kappa shape index (κ1) is 15.0. The van der Waals surface area contributed by atoms with E-state index >= 15 is 0 Å². The van der Waals surface area contributed by atoms with Gasteiger partial charge in [-0.1, -0.05) is 0 Å². The Morgan fingerprint density at radius 3 is 2.48 bits per heavy atom. The van der Waals surface area contributed by atoms with Crippen molar-refractivity contribution in [2.75, 3.05) is 7.11 Å². The highest BCUT2D eigenvalue weighted by Crippen LogP contribution is 2.34. The van der Waals surface area contributed by atoms with E-state index in [9.17, 15) is 14.9 Å². The van der Waals surface area contributed by atoms with E-state index in [2.05, 4.69) is 15.9 Å². The lowest BCUT2D eigenvalue weighted by molar-refractivity contribution is -0.385. The van der Waals surface area contributed by atoms with Crippen molar-refractivity contribution in [2.45, 2.75) is 0 Å². The number of nitrogens with zero attached hydrogens (tertiary/aromatic N) is 1. The molecule has 0 N–H and O–H groups in total. The summed E-state index contributed by atoms with van der Waals surface area (Å²) in [6.07, 6.45) is 0.425. The van der Waals surface area contributed by atoms with Crippen LogP contribution < -0.4 is 9.47 Å². The van der Waals surface area contributed by atoms with Crippen molar-refractivity contribution in [3.05, 3.63) is 56.5 Å². The Balaban J connectivity index is 2.32. The molecule has 2 aromatic carbocycles. The minimum absolute atomic E-state index is 0.0397. The van der Waals surface area contributed by atoms with Crippen LogP contribution in [0.2, 0.25) is 0 Å². The number of halogens is 1. The lowest BCUT2D eigenvalue weighted by atomic mass is 10.2. The molecule has 0 aliphatic carbocycles. The monoisotopic (exact) mass is 351 g/mol. The second-order valence-electron chi connectivity index (χ2n) is 3.99. The third kappa shape index (κ3) is 3.38. The summed E-state index contributed by atoms with van der Waals surface area (Å²) in [5.41, 5.74) is -0.298. The summed E-state index contributed by atoms with van der Waals surface area (Å²) in [5, 5.41) is 10.8. The highest BCUT2D eigenvalue weighted by atomic mass is 79.9. The number of aldehydes is 1. The maximum absolute atomic E-state index is 10.9. The normalized spacial score (nSPS) is 10.0. The third-order valence-corrected chi connectivity index (χ3v) is 3.31. The number of carbonyl (C=O) groups excluding carboxylic acids is 1. The van der Waals surface area contributed by atoms with Crippen LogP contribution in [-0.4, -0.2) is 18.3 Å². The van der Waals surface area contributed by atoms with Crippen LogP contribution in [0.25, 0.3) is 0 Å². The second kappa shape index (κ2) is 6.36. The van der Waals surface area contributed by atoms with Gasteiger partial charge in [0.25, 0.3) is 5.69 Å². The third-order valence-electron chi connectivity index (χ3n) is 2.69. The van der Waals surface area contributed by atoms with E-state index in [-0.39, 0.29) is 11.3 Å². The van der Waals surface area contributed by atoms with Gasteiger partial charge in [-0.15, -0.1) is 0 Å². The molecule has 0 aliphatic rings. The van der Waals surface area contributed by atoms with Crippen molar-refractivity contribution >= 4 is 27.9 Å².